The molecule has 1 aliphatic rings. The van der Waals surface area contributed by atoms with Gasteiger partial charge in [-0.25, -0.2) is 0 Å². The van der Waals surface area contributed by atoms with Crippen molar-refractivity contribution < 1.29 is 0 Å². The summed E-state index contributed by atoms with van der Waals surface area (Å²) in [6.45, 7) is 5.89. The van der Waals surface area contributed by atoms with Crippen LogP contribution in [-0.2, 0) is 6.42 Å². The van der Waals surface area contributed by atoms with E-state index in [9.17, 15) is 0 Å². The van der Waals surface area contributed by atoms with Gasteiger partial charge in [0, 0.05) is 24.8 Å². The molecule has 5 nitrogen and oxygen atoms in total. The van der Waals surface area contributed by atoms with Crippen LogP contribution in [0.5, 0.6) is 0 Å². The number of rotatable bonds is 6. The van der Waals surface area contributed by atoms with Crippen molar-refractivity contribution in [2.75, 3.05) is 13.1 Å². The summed E-state index contributed by atoms with van der Waals surface area (Å²) >= 11 is 0. The third-order valence-electron chi connectivity index (χ3n) is 3.50. The monoisotopic (exact) mass is 403 g/mol. The second-order valence-corrected chi connectivity index (χ2v) is 5.17. The molecule has 0 aromatic carbocycles. The normalized spacial score (nSPS) is 15.0. The van der Waals surface area contributed by atoms with E-state index in [1.807, 2.05) is 6.20 Å². The molecule has 1 aromatic heterocycles. The minimum Gasteiger partial charge on any atom is -0.357 e. The summed E-state index contributed by atoms with van der Waals surface area (Å²) in [7, 11) is 0. The first-order chi connectivity index (χ1) is 9.79. The summed E-state index contributed by atoms with van der Waals surface area (Å²) in [6, 6.07) is 0.504. The predicted octanol–water partition coefficient (Wildman–Crippen LogP) is 2.54. The molecule has 0 saturated heterocycles. The Balaban J connectivity index is 0.00000220. The lowest BCUT2D eigenvalue weighted by molar-refractivity contribution is 0.632. The number of H-pyrrole nitrogens is 1. The highest BCUT2D eigenvalue weighted by Crippen LogP contribution is 2.09. The fourth-order valence-electron chi connectivity index (χ4n) is 2.34. The molecule has 0 bridgehead atoms. The van der Waals surface area contributed by atoms with Gasteiger partial charge < -0.3 is 10.6 Å². The first-order valence-electron chi connectivity index (χ1n) is 7.48. The molecule has 0 aliphatic heterocycles. The lowest BCUT2D eigenvalue weighted by atomic mass is 10.1. The predicted molar refractivity (Wildman–Crippen MR) is 98.3 cm³/mol. The molecule has 21 heavy (non-hydrogen) atoms. The summed E-state index contributed by atoms with van der Waals surface area (Å²) in [4.78, 5) is 4.64. The Labute approximate surface area is 144 Å². The number of halogens is 1. The number of aromatic nitrogens is 2. The van der Waals surface area contributed by atoms with Crippen molar-refractivity contribution in [2.45, 2.75) is 45.6 Å². The van der Waals surface area contributed by atoms with Crippen LogP contribution >= 0.6 is 24.0 Å². The van der Waals surface area contributed by atoms with E-state index in [1.54, 1.807) is 0 Å². The van der Waals surface area contributed by atoms with Gasteiger partial charge in [0.15, 0.2) is 5.96 Å². The molecule has 0 amide bonds. The van der Waals surface area contributed by atoms with Crippen molar-refractivity contribution in [1.82, 2.24) is 20.8 Å². The number of hydrogen-bond donors (Lipinski definition) is 3. The highest BCUT2D eigenvalue weighted by Gasteiger charge is 2.11. The van der Waals surface area contributed by atoms with Gasteiger partial charge in [-0.3, -0.25) is 10.1 Å². The number of nitrogens with one attached hydrogen (secondary N) is 3. The maximum Gasteiger partial charge on any atom is 0.191 e. The fourth-order valence-corrected chi connectivity index (χ4v) is 2.34. The summed E-state index contributed by atoms with van der Waals surface area (Å²) in [5, 5.41) is 13.8. The van der Waals surface area contributed by atoms with Crippen LogP contribution in [0.4, 0.5) is 0 Å². The molecule has 1 aliphatic carbocycles. The van der Waals surface area contributed by atoms with E-state index >= 15 is 0 Å². The number of nitrogens with zero attached hydrogens (tertiary/aromatic N) is 2. The molecular formula is C15H26IN5. The molecule has 0 atom stereocenters. The SMILES string of the molecule is CCNC(=NCCCc1cn[nH]c1C)NC1CC=CC1.I. The minimum atomic E-state index is 0. The third-order valence-corrected chi connectivity index (χ3v) is 3.50. The van der Waals surface area contributed by atoms with Gasteiger partial charge in [0.2, 0.25) is 0 Å². The van der Waals surface area contributed by atoms with Gasteiger partial charge in [-0.15, -0.1) is 24.0 Å². The van der Waals surface area contributed by atoms with Crippen LogP contribution < -0.4 is 10.6 Å². The Hall–Kier alpha value is -1.05. The number of hydrogen-bond acceptors (Lipinski definition) is 2. The number of aliphatic imine (C=N–C) groups is 1. The zero-order valence-electron chi connectivity index (χ0n) is 12.9. The molecule has 118 valence electrons. The molecule has 3 N–H and O–H groups in total. The average Bonchev–Trinajstić information content (AvgIpc) is 3.07. The first kappa shape index (κ1) is 18.0. The van der Waals surface area contributed by atoms with Crippen LogP contribution in [0, 0.1) is 6.92 Å². The Morgan fingerprint density at radius 2 is 2.19 bits per heavy atom. The summed E-state index contributed by atoms with van der Waals surface area (Å²) in [6.07, 6.45) is 10.6. The van der Waals surface area contributed by atoms with Crippen LogP contribution in [0.3, 0.4) is 0 Å². The largest absolute Gasteiger partial charge is 0.357 e. The van der Waals surface area contributed by atoms with Gasteiger partial charge >= 0.3 is 0 Å². The number of aromatic amines is 1. The van der Waals surface area contributed by atoms with Crippen molar-refractivity contribution >= 4 is 29.9 Å². The van der Waals surface area contributed by atoms with E-state index in [0.717, 1.165) is 50.4 Å². The highest BCUT2D eigenvalue weighted by molar-refractivity contribution is 14.0. The Morgan fingerprint density at radius 1 is 1.43 bits per heavy atom. The number of guanidine groups is 1. The van der Waals surface area contributed by atoms with Crippen LogP contribution in [0.2, 0.25) is 0 Å². The van der Waals surface area contributed by atoms with Crippen LogP contribution in [0.15, 0.2) is 23.3 Å². The molecule has 0 fully saturated rings. The van der Waals surface area contributed by atoms with Gasteiger partial charge in [0.1, 0.15) is 0 Å². The van der Waals surface area contributed by atoms with E-state index in [1.165, 1.54) is 5.56 Å². The molecule has 0 radical (unpaired) electrons. The maximum absolute atomic E-state index is 4.64. The van der Waals surface area contributed by atoms with E-state index in [2.05, 4.69) is 51.8 Å². The summed E-state index contributed by atoms with van der Waals surface area (Å²) in [5.41, 5.74) is 2.45. The van der Waals surface area contributed by atoms with Gasteiger partial charge in [-0.1, -0.05) is 12.2 Å². The molecule has 1 heterocycles. The zero-order chi connectivity index (χ0) is 14.2. The highest BCUT2D eigenvalue weighted by atomic mass is 127. The lowest BCUT2D eigenvalue weighted by Crippen LogP contribution is -2.42. The quantitative estimate of drug-likeness (QED) is 0.225. The van der Waals surface area contributed by atoms with Crippen molar-refractivity contribution in [2.24, 2.45) is 4.99 Å². The fraction of sp³-hybridized carbons (Fsp3) is 0.600. The van der Waals surface area contributed by atoms with Crippen molar-refractivity contribution in [3.8, 4) is 0 Å². The summed E-state index contributed by atoms with van der Waals surface area (Å²) in [5.74, 6) is 0.935. The maximum atomic E-state index is 4.64. The Bertz CT molecular complexity index is 458. The van der Waals surface area contributed by atoms with Crippen LogP contribution in [-0.4, -0.2) is 35.3 Å². The van der Waals surface area contributed by atoms with Gasteiger partial charge in [0.25, 0.3) is 0 Å². The topological polar surface area (TPSA) is 65.1 Å². The van der Waals surface area contributed by atoms with E-state index < -0.39 is 0 Å². The molecule has 0 saturated carbocycles. The van der Waals surface area contributed by atoms with E-state index in [0.29, 0.717) is 6.04 Å². The number of aryl methyl sites for hydroxylation is 2. The van der Waals surface area contributed by atoms with Gasteiger partial charge in [-0.05, 0) is 45.1 Å². The van der Waals surface area contributed by atoms with Gasteiger partial charge in [0.05, 0.1) is 6.20 Å². The minimum absolute atomic E-state index is 0. The summed E-state index contributed by atoms with van der Waals surface area (Å²) < 4.78 is 0. The van der Waals surface area contributed by atoms with Crippen LogP contribution in [0.25, 0.3) is 0 Å². The van der Waals surface area contributed by atoms with E-state index in [-0.39, 0.29) is 24.0 Å². The second-order valence-electron chi connectivity index (χ2n) is 5.17. The Kier molecular flexibility index (Phi) is 8.41. The van der Waals surface area contributed by atoms with Gasteiger partial charge in [-0.2, -0.15) is 5.10 Å². The lowest BCUT2D eigenvalue weighted by Gasteiger charge is -2.16. The third kappa shape index (κ3) is 6.07. The zero-order valence-corrected chi connectivity index (χ0v) is 15.2. The van der Waals surface area contributed by atoms with E-state index in [4.69, 9.17) is 0 Å². The second kappa shape index (κ2) is 9.81. The standard InChI is InChI=1S/C15H25N5.HI/c1-3-16-15(19-14-8-4-5-9-14)17-10-6-7-13-11-18-20-12(13)2;/h4-5,11,14H,3,6-10H2,1-2H3,(H,18,20)(H2,16,17,19);1H. The molecular weight excluding hydrogens is 377 g/mol. The van der Waals surface area contributed by atoms with Crippen LogP contribution in [0.1, 0.15) is 37.4 Å². The Morgan fingerprint density at radius 3 is 2.81 bits per heavy atom. The molecule has 1 aromatic rings. The molecule has 0 spiro atoms. The van der Waals surface area contributed by atoms with Crippen molar-refractivity contribution in [3.05, 3.63) is 29.6 Å². The van der Waals surface area contributed by atoms with Crippen molar-refractivity contribution in [3.63, 3.8) is 0 Å². The molecule has 0 unspecified atom stereocenters. The first-order valence-corrected chi connectivity index (χ1v) is 7.48. The van der Waals surface area contributed by atoms with Crippen molar-refractivity contribution in [1.29, 1.82) is 0 Å². The molecule has 6 heteroatoms. The average molecular weight is 403 g/mol. The smallest absolute Gasteiger partial charge is 0.191 e. The molecule has 2 rings (SSSR count).